The zero-order chi connectivity index (χ0) is 19.6. The molecule has 8 nitrogen and oxygen atoms in total. The monoisotopic (exact) mass is 402 g/mol. The van der Waals surface area contributed by atoms with Gasteiger partial charge in [0.1, 0.15) is 5.00 Å². The number of benzene rings is 1. The first-order valence-electron chi connectivity index (χ1n) is 8.07. The summed E-state index contributed by atoms with van der Waals surface area (Å²) in [5.74, 6) is -0.841. The topological polar surface area (TPSA) is 116 Å². The molecule has 140 valence electrons. The lowest BCUT2D eigenvalue weighted by atomic mass is 10.1. The van der Waals surface area contributed by atoms with Crippen molar-refractivity contribution in [3.63, 3.8) is 0 Å². The summed E-state index contributed by atoms with van der Waals surface area (Å²) in [5.41, 5.74) is 8.59. The molecule has 10 heteroatoms. The van der Waals surface area contributed by atoms with E-state index < -0.39 is 11.2 Å². The number of hydrogen-bond acceptors (Lipinski definition) is 7. The third kappa shape index (κ3) is 4.17. The van der Waals surface area contributed by atoms with Gasteiger partial charge < -0.3 is 11.1 Å². The van der Waals surface area contributed by atoms with E-state index in [0.29, 0.717) is 15.7 Å². The van der Waals surface area contributed by atoms with Crippen LogP contribution in [0.3, 0.4) is 0 Å². The number of nitrogens with zero attached hydrogens (tertiary/aromatic N) is 4. The van der Waals surface area contributed by atoms with E-state index in [2.05, 4.69) is 20.8 Å². The lowest BCUT2D eigenvalue weighted by Crippen LogP contribution is -2.24. The van der Waals surface area contributed by atoms with Gasteiger partial charge in [-0.05, 0) is 59.8 Å². The number of carbonyl (C=O) groups excluding carboxylic acids is 2. The molecule has 1 atom stereocenters. The number of carbonyl (C=O) groups is 2. The largest absolute Gasteiger partial charge is 0.366 e. The van der Waals surface area contributed by atoms with Crippen LogP contribution in [0.25, 0.3) is 5.69 Å². The molecule has 3 N–H and O–H groups in total. The Labute approximate surface area is 164 Å². The third-order valence-corrected chi connectivity index (χ3v) is 5.72. The van der Waals surface area contributed by atoms with Crippen LogP contribution in [0.5, 0.6) is 0 Å². The zero-order valence-electron chi connectivity index (χ0n) is 15.0. The molecule has 2 heterocycles. The number of nitrogens with two attached hydrogens (primary N) is 1. The summed E-state index contributed by atoms with van der Waals surface area (Å²) in [6.07, 6.45) is 0. The van der Waals surface area contributed by atoms with Gasteiger partial charge in [-0.2, -0.15) is 4.68 Å². The van der Waals surface area contributed by atoms with Crippen LogP contribution in [0.15, 0.2) is 34.8 Å². The minimum Gasteiger partial charge on any atom is -0.366 e. The van der Waals surface area contributed by atoms with E-state index in [-0.39, 0.29) is 5.91 Å². The maximum Gasteiger partial charge on any atom is 0.251 e. The average molecular weight is 403 g/mol. The smallest absolute Gasteiger partial charge is 0.251 e. The highest BCUT2D eigenvalue weighted by Crippen LogP contribution is 2.27. The molecule has 3 aromatic rings. The molecule has 0 saturated heterocycles. The number of nitrogens with one attached hydrogen (secondary N) is 1. The lowest BCUT2D eigenvalue weighted by molar-refractivity contribution is -0.115. The molecular weight excluding hydrogens is 384 g/mol. The molecular formula is C17H18N6O2S2. The van der Waals surface area contributed by atoms with Gasteiger partial charge >= 0.3 is 0 Å². The SMILES string of the molecule is Cc1ccc(C)c(-n2nnnc2S[C@@H](C)C(=O)Nc2sccc2C(N)=O)c1. The number of aryl methyl sites for hydroxylation is 2. The van der Waals surface area contributed by atoms with E-state index in [0.717, 1.165) is 16.8 Å². The van der Waals surface area contributed by atoms with Crippen LogP contribution in [-0.2, 0) is 4.79 Å². The first-order chi connectivity index (χ1) is 12.9. The fourth-order valence-corrected chi connectivity index (χ4v) is 3.97. The Bertz CT molecular complexity index is 997. The molecule has 2 amide bonds. The van der Waals surface area contributed by atoms with E-state index >= 15 is 0 Å². The molecule has 1 aromatic carbocycles. The van der Waals surface area contributed by atoms with E-state index in [1.165, 1.54) is 23.1 Å². The van der Waals surface area contributed by atoms with Gasteiger partial charge in [-0.15, -0.1) is 16.4 Å². The normalized spacial score (nSPS) is 12.0. The van der Waals surface area contributed by atoms with Crippen LogP contribution in [0.4, 0.5) is 5.00 Å². The van der Waals surface area contributed by atoms with Crippen LogP contribution in [0.1, 0.15) is 28.4 Å². The molecule has 0 radical (unpaired) electrons. The van der Waals surface area contributed by atoms with Crippen molar-refractivity contribution in [2.45, 2.75) is 31.2 Å². The summed E-state index contributed by atoms with van der Waals surface area (Å²) in [7, 11) is 0. The molecule has 0 bridgehead atoms. The second kappa shape index (κ2) is 7.89. The van der Waals surface area contributed by atoms with Gasteiger partial charge in [-0.25, -0.2) is 0 Å². The second-order valence-electron chi connectivity index (χ2n) is 5.94. The maximum absolute atomic E-state index is 12.5. The third-order valence-electron chi connectivity index (χ3n) is 3.85. The Kier molecular flexibility index (Phi) is 5.57. The fraction of sp³-hybridized carbons (Fsp3) is 0.235. The van der Waals surface area contributed by atoms with Gasteiger partial charge in [-0.1, -0.05) is 23.9 Å². The molecule has 0 saturated carbocycles. The van der Waals surface area contributed by atoms with Crippen molar-refractivity contribution in [2.75, 3.05) is 5.32 Å². The van der Waals surface area contributed by atoms with Crippen LogP contribution in [-0.4, -0.2) is 37.3 Å². The van der Waals surface area contributed by atoms with Crippen LogP contribution >= 0.6 is 23.1 Å². The van der Waals surface area contributed by atoms with Gasteiger partial charge in [0.15, 0.2) is 0 Å². The summed E-state index contributed by atoms with van der Waals surface area (Å²) in [6, 6.07) is 7.59. The summed E-state index contributed by atoms with van der Waals surface area (Å²) >= 11 is 2.48. The molecule has 27 heavy (non-hydrogen) atoms. The molecule has 0 aliphatic heterocycles. The van der Waals surface area contributed by atoms with Crippen molar-refractivity contribution in [3.8, 4) is 5.69 Å². The summed E-state index contributed by atoms with van der Waals surface area (Å²) in [4.78, 5) is 23.9. The molecule has 0 spiro atoms. The van der Waals surface area contributed by atoms with Crippen LogP contribution in [0, 0.1) is 13.8 Å². The number of amides is 2. The Hall–Kier alpha value is -2.72. The predicted molar refractivity (Wildman–Crippen MR) is 105 cm³/mol. The highest BCUT2D eigenvalue weighted by Gasteiger charge is 2.22. The van der Waals surface area contributed by atoms with Crippen molar-refractivity contribution in [1.29, 1.82) is 0 Å². The van der Waals surface area contributed by atoms with E-state index in [1.807, 2.05) is 32.0 Å². The number of thiophene rings is 1. The molecule has 0 fully saturated rings. The number of anilines is 1. The summed E-state index contributed by atoms with van der Waals surface area (Å²) < 4.78 is 1.62. The average Bonchev–Trinajstić information content (AvgIpc) is 3.26. The zero-order valence-corrected chi connectivity index (χ0v) is 16.6. The van der Waals surface area contributed by atoms with Gasteiger partial charge in [0.2, 0.25) is 11.1 Å². The van der Waals surface area contributed by atoms with Gasteiger partial charge in [-0.3, -0.25) is 9.59 Å². The molecule has 0 aliphatic carbocycles. The maximum atomic E-state index is 12.5. The van der Waals surface area contributed by atoms with E-state index in [4.69, 9.17) is 5.73 Å². The number of thioether (sulfide) groups is 1. The Morgan fingerprint density at radius 2 is 2.07 bits per heavy atom. The number of rotatable bonds is 6. The van der Waals surface area contributed by atoms with E-state index in [9.17, 15) is 9.59 Å². The van der Waals surface area contributed by atoms with Crippen molar-refractivity contribution in [2.24, 2.45) is 5.73 Å². The summed E-state index contributed by atoms with van der Waals surface area (Å²) in [5, 5.41) is 16.8. The number of aromatic nitrogens is 4. The molecule has 3 rings (SSSR count). The Morgan fingerprint density at radius 3 is 2.81 bits per heavy atom. The first kappa shape index (κ1) is 19.1. The fourth-order valence-electron chi connectivity index (χ4n) is 2.38. The minimum absolute atomic E-state index is 0.263. The first-order valence-corrected chi connectivity index (χ1v) is 9.83. The van der Waals surface area contributed by atoms with Gasteiger partial charge in [0.05, 0.1) is 16.5 Å². The molecule has 0 unspecified atom stereocenters. The van der Waals surface area contributed by atoms with Gasteiger partial charge in [0, 0.05) is 0 Å². The Balaban J connectivity index is 1.77. The summed E-state index contributed by atoms with van der Waals surface area (Å²) in [6.45, 7) is 5.72. The van der Waals surface area contributed by atoms with Crippen LogP contribution in [0.2, 0.25) is 0 Å². The van der Waals surface area contributed by atoms with Crippen molar-refractivity contribution in [3.05, 3.63) is 46.3 Å². The van der Waals surface area contributed by atoms with Crippen molar-refractivity contribution < 1.29 is 9.59 Å². The molecule has 0 aliphatic rings. The molecule has 2 aromatic heterocycles. The second-order valence-corrected chi connectivity index (χ2v) is 8.16. The van der Waals surface area contributed by atoms with Crippen molar-refractivity contribution >= 4 is 39.9 Å². The van der Waals surface area contributed by atoms with E-state index in [1.54, 1.807) is 23.1 Å². The van der Waals surface area contributed by atoms with Crippen molar-refractivity contribution in [1.82, 2.24) is 20.2 Å². The standard InChI is InChI=1S/C17H18N6O2S2/c1-9-4-5-10(2)13(8-9)23-17(20-21-22-23)27-11(3)15(25)19-16-12(14(18)24)6-7-26-16/h4-8,11H,1-3H3,(H2,18,24)(H,19,25)/t11-/m0/s1. The minimum atomic E-state index is -0.578. The number of primary amides is 1. The predicted octanol–water partition coefficient (Wildman–Crippen LogP) is 2.56. The number of tetrazole rings is 1. The Morgan fingerprint density at radius 1 is 1.30 bits per heavy atom. The van der Waals surface area contributed by atoms with Crippen LogP contribution < -0.4 is 11.1 Å². The lowest BCUT2D eigenvalue weighted by Gasteiger charge is -2.12. The quantitative estimate of drug-likeness (QED) is 0.612. The highest BCUT2D eigenvalue weighted by molar-refractivity contribution is 8.00. The van der Waals surface area contributed by atoms with Gasteiger partial charge in [0.25, 0.3) is 5.91 Å². The highest BCUT2D eigenvalue weighted by atomic mass is 32.2. The number of hydrogen-bond donors (Lipinski definition) is 2.